The lowest BCUT2D eigenvalue weighted by atomic mass is 10.2. The number of anilines is 2. The van der Waals surface area contributed by atoms with Gasteiger partial charge < -0.3 is 9.64 Å². The van der Waals surface area contributed by atoms with Crippen molar-refractivity contribution in [2.75, 3.05) is 23.4 Å². The molecule has 1 aliphatic rings. The van der Waals surface area contributed by atoms with E-state index in [-0.39, 0.29) is 12.2 Å². The second-order valence-electron chi connectivity index (χ2n) is 5.19. The van der Waals surface area contributed by atoms with E-state index in [2.05, 4.69) is 34.1 Å². The zero-order valence-corrected chi connectivity index (χ0v) is 11.7. The molecule has 0 bridgehead atoms. The summed E-state index contributed by atoms with van der Waals surface area (Å²) >= 11 is 0. The highest BCUT2D eigenvalue weighted by Crippen LogP contribution is 2.27. The minimum absolute atomic E-state index is 0.182. The molecule has 0 unspecified atom stereocenters. The van der Waals surface area contributed by atoms with E-state index in [0.29, 0.717) is 5.95 Å². The number of hydrogen-bond donors (Lipinski definition) is 2. The van der Waals surface area contributed by atoms with Crippen LogP contribution in [0.2, 0.25) is 0 Å². The fourth-order valence-electron chi connectivity index (χ4n) is 2.72. The molecule has 6 nitrogen and oxygen atoms in total. The highest BCUT2D eigenvalue weighted by molar-refractivity contribution is 5.90. The van der Waals surface area contributed by atoms with Crippen molar-refractivity contribution in [3.8, 4) is 0 Å². The van der Waals surface area contributed by atoms with Crippen LogP contribution in [-0.4, -0.2) is 35.3 Å². The molecule has 0 spiro atoms. The fourth-order valence-corrected chi connectivity index (χ4v) is 2.72. The summed E-state index contributed by atoms with van der Waals surface area (Å²) in [6.07, 6.45) is 0.364. The van der Waals surface area contributed by atoms with Crippen LogP contribution < -0.4 is 16.2 Å². The molecule has 2 heterocycles. The number of fused-ring (bicyclic) bond motifs is 1. The first-order chi connectivity index (χ1) is 9.67. The van der Waals surface area contributed by atoms with E-state index < -0.39 is 0 Å². The van der Waals surface area contributed by atoms with Crippen LogP contribution in [0.3, 0.4) is 0 Å². The number of nitrogens with zero attached hydrogens (tertiary/aromatic N) is 3. The zero-order chi connectivity index (χ0) is 14.1. The fraction of sp³-hybridized carbons (Fsp3) is 0.429. The van der Waals surface area contributed by atoms with Crippen LogP contribution in [0.4, 0.5) is 11.8 Å². The molecule has 2 aromatic rings. The summed E-state index contributed by atoms with van der Waals surface area (Å²) in [5.41, 5.74) is 3.43. The summed E-state index contributed by atoms with van der Waals surface area (Å²) in [7, 11) is 0. The monoisotopic (exact) mass is 273 g/mol. The third-order valence-corrected chi connectivity index (χ3v) is 3.43. The van der Waals surface area contributed by atoms with Crippen LogP contribution in [0.1, 0.15) is 13.8 Å². The molecular weight excluding hydrogens is 254 g/mol. The smallest absolute Gasteiger partial charge is 0.239 e. The van der Waals surface area contributed by atoms with Gasteiger partial charge in [0, 0.05) is 18.5 Å². The topological polar surface area (TPSA) is 76.3 Å². The molecule has 0 aliphatic carbocycles. The van der Waals surface area contributed by atoms with Crippen LogP contribution in [0.15, 0.2) is 24.3 Å². The summed E-state index contributed by atoms with van der Waals surface area (Å²) in [5, 5.41) is 1.04. The molecule has 0 radical (unpaired) electrons. The second-order valence-corrected chi connectivity index (χ2v) is 5.19. The van der Waals surface area contributed by atoms with Crippen LogP contribution in [0.5, 0.6) is 0 Å². The number of nitrogens with two attached hydrogens (primary N) is 1. The summed E-state index contributed by atoms with van der Waals surface area (Å²) in [6, 6.07) is 7.96. The average molecular weight is 273 g/mol. The molecular formula is C14H19N5O. The summed E-state index contributed by atoms with van der Waals surface area (Å²) in [5.74, 6) is 6.82. The van der Waals surface area contributed by atoms with Gasteiger partial charge in [-0.25, -0.2) is 10.8 Å². The number of hydrazine groups is 1. The molecule has 1 saturated heterocycles. The van der Waals surface area contributed by atoms with Gasteiger partial charge in [0.2, 0.25) is 5.95 Å². The average Bonchev–Trinajstić information content (AvgIpc) is 2.45. The number of nitrogen functional groups attached to an aromatic ring is 1. The van der Waals surface area contributed by atoms with Crippen LogP contribution >= 0.6 is 0 Å². The second kappa shape index (κ2) is 5.22. The number of morpholine rings is 1. The van der Waals surface area contributed by atoms with E-state index in [1.54, 1.807) is 0 Å². The summed E-state index contributed by atoms with van der Waals surface area (Å²) in [4.78, 5) is 11.2. The molecule has 2 atom stereocenters. The Morgan fingerprint density at radius 2 is 1.90 bits per heavy atom. The van der Waals surface area contributed by atoms with Gasteiger partial charge >= 0.3 is 0 Å². The maximum absolute atomic E-state index is 5.78. The number of ether oxygens (including phenoxy) is 1. The molecule has 3 rings (SSSR count). The number of benzene rings is 1. The van der Waals surface area contributed by atoms with Gasteiger partial charge in [-0.1, -0.05) is 12.1 Å². The van der Waals surface area contributed by atoms with Crippen molar-refractivity contribution in [2.24, 2.45) is 5.84 Å². The predicted octanol–water partition coefficient (Wildman–Crippen LogP) is 1.53. The van der Waals surface area contributed by atoms with Crippen LogP contribution in [-0.2, 0) is 4.74 Å². The normalized spacial score (nSPS) is 23.1. The van der Waals surface area contributed by atoms with Crippen molar-refractivity contribution in [2.45, 2.75) is 26.1 Å². The standard InChI is InChI=1S/C14H19N5O/c1-9-7-19(8-10(2)20-9)13-11-5-3-4-6-12(11)16-14(17-13)18-15/h3-6,9-10H,7-8,15H2,1-2H3,(H,16,17,18)/t9-,10+. The summed E-state index contributed by atoms with van der Waals surface area (Å²) < 4.78 is 5.78. The van der Waals surface area contributed by atoms with Gasteiger partial charge in [-0.3, -0.25) is 5.43 Å². The SMILES string of the molecule is C[C@@H]1CN(c2nc(NN)nc3ccccc23)C[C@H](C)O1. The number of rotatable bonds is 2. The van der Waals surface area contributed by atoms with Crippen molar-refractivity contribution in [3.63, 3.8) is 0 Å². The number of aromatic nitrogens is 2. The van der Waals surface area contributed by atoms with E-state index in [9.17, 15) is 0 Å². The third kappa shape index (κ3) is 2.39. The summed E-state index contributed by atoms with van der Waals surface area (Å²) in [6.45, 7) is 5.78. The van der Waals surface area contributed by atoms with Gasteiger partial charge in [-0.05, 0) is 26.0 Å². The number of hydrogen-bond acceptors (Lipinski definition) is 6. The van der Waals surface area contributed by atoms with Gasteiger partial charge in [0.25, 0.3) is 0 Å². The van der Waals surface area contributed by atoms with Crippen molar-refractivity contribution in [1.82, 2.24) is 9.97 Å². The first-order valence-corrected chi connectivity index (χ1v) is 6.81. The molecule has 106 valence electrons. The van der Waals surface area contributed by atoms with E-state index in [4.69, 9.17) is 10.6 Å². The lowest BCUT2D eigenvalue weighted by molar-refractivity contribution is -0.00536. The van der Waals surface area contributed by atoms with Gasteiger partial charge in [0.1, 0.15) is 5.82 Å². The Bertz CT molecular complexity index is 608. The predicted molar refractivity (Wildman–Crippen MR) is 79.6 cm³/mol. The van der Waals surface area contributed by atoms with Crippen molar-refractivity contribution >= 4 is 22.7 Å². The Morgan fingerprint density at radius 1 is 1.20 bits per heavy atom. The zero-order valence-electron chi connectivity index (χ0n) is 11.7. The van der Waals surface area contributed by atoms with Gasteiger partial charge in [0.15, 0.2) is 0 Å². The van der Waals surface area contributed by atoms with Gasteiger partial charge in [-0.2, -0.15) is 4.98 Å². The Kier molecular flexibility index (Phi) is 3.42. The molecule has 1 aliphatic heterocycles. The molecule has 1 aromatic carbocycles. The Balaban J connectivity index is 2.09. The molecule has 6 heteroatoms. The maximum atomic E-state index is 5.78. The Labute approximate surface area is 117 Å². The van der Waals surface area contributed by atoms with Crippen molar-refractivity contribution in [1.29, 1.82) is 0 Å². The maximum Gasteiger partial charge on any atom is 0.239 e. The molecule has 0 amide bonds. The first kappa shape index (κ1) is 13.1. The minimum Gasteiger partial charge on any atom is -0.372 e. The highest BCUT2D eigenvalue weighted by atomic mass is 16.5. The molecule has 1 fully saturated rings. The van der Waals surface area contributed by atoms with E-state index in [1.807, 2.05) is 24.3 Å². The largest absolute Gasteiger partial charge is 0.372 e. The van der Waals surface area contributed by atoms with Crippen LogP contribution in [0.25, 0.3) is 10.9 Å². The van der Waals surface area contributed by atoms with E-state index >= 15 is 0 Å². The first-order valence-electron chi connectivity index (χ1n) is 6.81. The van der Waals surface area contributed by atoms with Gasteiger partial charge in [0.05, 0.1) is 17.7 Å². The number of nitrogens with one attached hydrogen (secondary N) is 1. The Morgan fingerprint density at radius 3 is 2.60 bits per heavy atom. The lowest BCUT2D eigenvalue weighted by Crippen LogP contribution is -2.46. The van der Waals surface area contributed by atoms with Crippen LogP contribution in [0, 0.1) is 0 Å². The molecule has 20 heavy (non-hydrogen) atoms. The van der Waals surface area contributed by atoms with Crippen molar-refractivity contribution in [3.05, 3.63) is 24.3 Å². The van der Waals surface area contributed by atoms with E-state index in [1.165, 1.54) is 0 Å². The lowest BCUT2D eigenvalue weighted by Gasteiger charge is -2.36. The molecule has 0 saturated carbocycles. The number of para-hydroxylation sites is 1. The minimum atomic E-state index is 0.182. The Hall–Kier alpha value is -1.92. The van der Waals surface area contributed by atoms with Crippen molar-refractivity contribution < 1.29 is 4.74 Å². The van der Waals surface area contributed by atoms with E-state index in [0.717, 1.165) is 29.8 Å². The quantitative estimate of drug-likeness (QED) is 0.638. The highest BCUT2D eigenvalue weighted by Gasteiger charge is 2.25. The molecule has 3 N–H and O–H groups in total. The third-order valence-electron chi connectivity index (χ3n) is 3.43. The van der Waals surface area contributed by atoms with Gasteiger partial charge in [-0.15, -0.1) is 0 Å². The molecule has 1 aromatic heterocycles.